The molecule has 0 saturated heterocycles. The molecule has 0 unspecified atom stereocenters. The Labute approximate surface area is 149 Å². The van der Waals surface area contributed by atoms with Crippen molar-refractivity contribution < 1.29 is 25.2 Å². The van der Waals surface area contributed by atoms with Crippen LogP contribution < -0.4 is 0 Å². The predicted octanol–water partition coefficient (Wildman–Crippen LogP) is 4.36. The summed E-state index contributed by atoms with van der Waals surface area (Å²) in [4.78, 5) is 11.3. The van der Waals surface area contributed by atoms with Crippen molar-refractivity contribution in [3.63, 3.8) is 0 Å². The van der Waals surface area contributed by atoms with Gasteiger partial charge in [0.2, 0.25) is 0 Å². The standard InChI is InChI=1S/C20H30O5/c1-19(2,3)8-4-6-13-14(17(23)16(22)12-15(13)21)7-5-9-20(10-11-20)18(24)25/h12,21-23H,4-11H2,1-3H3,(H,24,25). The van der Waals surface area contributed by atoms with Crippen LogP contribution in [0.5, 0.6) is 17.2 Å². The Balaban J connectivity index is 2.10. The van der Waals surface area contributed by atoms with Gasteiger partial charge >= 0.3 is 5.97 Å². The third-order valence-corrected chi connectivity index (χ3v) is 5.22. The second-order valence-electron chi connectivity index (χ2n) is 8.57. The molecule has 0 aromatic heterocycles. The third kappa shape index (κ3) is 4.80. The highest BCUT2D eigenvalue weighted by atomic mass is 16.4. The summed E-state index contributed by atoms with van der Waals surface area (Å²) < 4.78 is 0. The molecule has 0 radical (unpaired) electrons. The van der Waals surface area contributed by atoms with E-state index in [0.29, 0.717) is 49.7 Å². The molecule has 1 aliphatic rings. The van der Waals surface area contributed by atoms with Gasteiger partial charge in [0.05, 0.1) is 5.41 Å². The van der Waals surface area contributed by atoms with E-state index in [1.54, 1.807) is 0 Å². The maximum Gasteiger partial charge on any atom is 0.309 e. The highest BCUT2D eigenvalue weighted by Crippen LogP contribution is 2.50. The van der Waals surface area contributed by atoms with Crippen molar-refractivity contribution in [2.45, 2.75) is 72.1 Å². The van der Waals surface area contributed by atoms with E-state index >= 15 is 0 Å². The fraction of sp³-hybridized carbons (Fsp3) is 0.650. The summed E-state index contributed by atoms with van der Waals surface area (Å²) >= 11 is 0. The number of benzene rings is 1. The van der Waals surface area contributed by atoms with E-state index in [1.807, 2.05) is 0 Å². The first kappa shape index (κ1) is 19.4. The molecule has 5 heteroatoms. The Kier molecular flexibility index (Phi) is 5.55. The number of phenolic OH excluding ortho intramolecular Hbond substituents is 3. The molecule has 0 bridgehead atoms. The third-order valence-electron chi connectivity index (χ3n) is 5.22. The van der Waals surface area contributed by atoms with Crippen molar-refractivity contribution >= 4 is 5.97 Å². The lowest BCUT2D eigenvalue weighted by Gasteiger charge is -2.20. The van der Waals surface area contributed by atoms with Gasteiger partial charge in [0, 0.05) is 17.2 Å². The molecule has 25 heavy (non-hydrogen) atoms. The molecule has 1 aliphatic carbocycles. The number of hydrogen-bond acceptors (Lipinski definition) is 4. The Bertz CT molecular complexity index is 638. The molecule has 0 amide bonds. The molecule has 2 rings (SSSR count). The number of aliphatic carboxylic acids is 1. The predicted molar refractivity (Wildman–Crippen MR) is 96.1 cm³/mol. The first-order chi connectivity index (χ1) is 11.6. The van der Waals surface area contributed by atoms with Crippen molar-refractivity contribution in [3.05, 3.63) is 17.2 Å². The smallest absolute Gasteiger partial charge is 0.309 e. The molecule has 1 saturated carbocycles. The normalized spacial score (nSPS) is 16.0. The van der Waals surface area contributed by atoms with Gasteiger partial charge in [-0.1, -0.05) is 20.8 Å². The van der Waals surface area contributed by atoms with E-state index in [4.69, 9.17) is 0 Å². The molecule has 140 valence electrons. The molecule has 4 N–H and O–H groups in total. The van der Waals surface area contributed by atoms with Gasteiger partial charge in [-0.3, -0.25) is 4.79 Å². The van der Waals surface area contributed by atoms with E-state index < -0.39 is 11.4 Å². The summed E-state index contributed by atoms with van der Waals surface area (Å²) in [7, 11) is 0. The average Bonchev–Trinajstić information content (AvgIpc) is 3.27. The Morgan fingerprint density at radius 3 is 2.16 bits per heavy atom. The molecule has 1 aromatic rings. The van der Waals surface area contributed by atoms with E-state index in [0.717, 1.165) is 12.8 Å². The molecule has 0 spiro atoms. The van der Waals surface area contributed by atoms with Gasteiger partial charge in [-0.15, -0.1) is 0 Å². The van der Waals surface area contributed by atoms with Gasteiger partial charge in [-0.05, 0) is 56.8 Å². The minimum atomic E-state index is -0.749. The lowest BCUT2D eigenvalue weighted by molar-refractivity contribution is -0.143. The maximum absolute atomic E-state index is 11.3. The van der Waals surface area contributed by atoms with Gasteiger partial charge in [-0.2, -0.15) is 0 Å². The van der Waals surface area contributed by atoms with Crippen LogP contribution in [0.1, 0.15) is 70.4 Å². The number of aromatic hydroxyl groups is 3. The number of rotatable bonds is 8. The number of carbonyl (C=O) groups is 1. The van der Waals surface area contributed by atoms with Crippen molar-refractivity contribution in [1.29, 1.82) is 0 Å². The quantitative estimate of drug-likeness (QED) is 0.412. The summed E-state index contributed by atoms with van der Waals surface area (Å²) in [5.74, 6) is -1.27. The number of hydrogen-bond donors (Lipinski definition) is 4. The summed E-state index contributed by atoms with van der Waals surface area (Å²) in [6.07, 6.45) is 5.50. The monoisotopic (exact) mass is 350 g/mol. The van der Waals surface area contributed by atoms with Crippen LogP contribution in [0, 0.1) is 10.8 Å². The first-order valence-electron chi connectivity index (χ1n) is 9.05. The second-order valence-corrected chi connectivity index (χ2v) is 8.57. The second kappa shape index (κ2) is 7.14. The van der Waals surface area contributed by atoms with Gasteiger partial charge in [0.1, 0.15) is 5.75 Å². The fourth-order valence-electron chi connectivity index (χ4n) is 3.41. The average molecular weight is 350 g/mol. The topological polar surface area (TPSA) is 98.0 Å². The van der Waals surface area contributed by atoms with Crippen LogP contribution in [0.15, 0.2) is 6.07 Å². The Morgan fingerprint density at radius 2 is 1.64 bits per heavy atom. The lowest BCUT2D eigenvalue weighted by atomic mass is 9.87. The van der Waals surface area contributed by atoms with Gasteiger partial charge in [-0.25, -0.2) is 0 Å². The van der Waals surface area contributed by atoms with Crippen LogP contribution >= 0.6 is 0 Å². The van der Waals surface area contributed by atoms with Crippen LogP contribution in [0.2, 0.25) is 0 Å². The highest BCUT2D eigenvalue weighted by Gasteiger charge is 2.49. The first-order valence-corrected chi connectivity index (χ1v) is 9.05. The Morgan fingerprint density at radius 1 is 1.04 bits per heavy atom. The molecule has 5 nitrogen and oxygen atoms in total. The molecule has 0 aliphatic heterocycles. The van der Waals surface area contributed by atoms with Crippen LogP contribution in [0.3, 0.4) is 0 Å². The number of carboxylic acids is 1. The van der Waals surface area contributed by atoms with Crippen LogP contribution in [-0.2, 0) is 17.6 Å². The SMILES string of the molecule is CC(C)(C)CCCc1c(O)cc(O)c(O)c1CCCC1(C(=O)O)CC1. The zero-order valence-corrected chi connectivity index (χ0v) is 15.4. The highest BCUT2D eigenvalue weighted by molar-refractivity contribution is 5.77. The summed E-state index contributed by atoms with van der Waals surface area (Å²) in [5.41, 5.74) is 0.808. The number of carboxylic acid groups (broad SMARTS) is 1. The van der Waals surface area contributed by atoms with E-state index in [9.17, 15) is 25.2 Å². The molecule has 1 fully saturated rings. The van der Waals surface area contributed by atoms with Crippen molar-refractivity contribution in [2.75, 3.05) is 0 Å². The van der Waals surface area contributed by atoms with E-state index in [1.165, 1.54) is 6.07 Å². The zero-order chi connectivity index (χ0) is 18.8. The summed E-state index contributed by atoms with van der Waals surface area (Å²) in [6.45, 7) is 6.47. The molecule has 1 aromatic carbocycles. The molecule has 0 heterocycles. The molecular formula is C20H30O5. The summed E-state index contributed by atoms with van der Waals surface area (Å²) in [5, 5.41) is 39.5. The molecular weight excluding hydrogens is 320 g/mol. The van der Waals surface area contributed by atoms with Crippen molar-refractivity contribution in [2.24, 2.45) is 10.8 Å². The lowest BCUT2D eigenvalue weighted by Crippen LogP contribution is -2.14. The molecule has 0 atom stereocenters. The number of phenols is 3. The van der Waals surface area contributed by atoms with Crippen molar-refractivity contribution in [3.8, 4) is 17.2 Å². The van der Waals surface area contributed by atoms with Crippen LogP contribution in [0.25, 0.3) is 0 Å². The van der Waals surface area contributed by atoms with Gasteiger partial charge < -0.3 is 20.4 Å². The Hall–Kier alpha value is -1.91. The minimum Gasteiger partial charge on any atom is -0.508 e. The minimum absolute atomic E-state index is 0.00132. The van der Waals surface area contributed by atoms with Crippen molar-refractivity contribution in [1.82, 2.24) is 0 Å². The summed E-state index contributed by atoms with van der Waals surface area (Å²) in [6, 6.07) is 1.19. The van der Waals surface area contributed by atoms with Crippen LogP contribution in [-0.4, -0.2) is 26.4 Å². The largest absolute Gasteiger partial charge is 0.508 e. The zero-order valence-electron chi connectivity index (χ0n) is 15.4. The fourth-order valence-corrected chi connectivity index (χ4v) is 3.41. The van der Waals surface area contributed by atoms with Gasteiger partial charge in [0.25, 0.3) is 0 Å². The van der Waals surface area contributed by atoms with E-state index in [-0.39, 0.29) is 22.7 Å². The maximum atomic E-state index is 11.3. The van der Waals surface area contributed by atoms with Gasteiger partial charge in [0.15, 0.2) is 11.5 Å². The van der Waals surface area contributed by atoms with Crippen LogP contribution in [0.4, 0.5) is 0 Å². The van der Waals surface area contributed by atoms with E-state index in [2.05, 4.69) is 20.8 Å².